The van der Waals surface area contributed by atoms with E-state index in [1.54, 1.807) is 6.07 Å². The van der Waals surface area contributed by atoms with E-state index in [2.05, 4.69) is 19.3 Å². The van der Waals surface area contributed by atoms with Crippen LogP contribution in [0.5, 0.6) is 0 Å². The predicted octanol–water partition coefficient (Wildman–Crippen LogP) is 3.69. The Balaban J connectivity index is 2.36. The van der Waals surface area contributed by atoms with Crippen LogP contribution < -0.4 is 11.3 Å². The number of nitrogens with one attached hydrogen (secondary N) is 1. The normalized spacial score (nSPS) is 24.2. The Labute approximate surface area is 113 Å². The van der Waals surface area contributed by atoms with Crippen LogP contribution in [-0.2, 0) is 0 Å². The fraction of sp³-hybridized carbons (Fsp3) is 0.600. The Bertz CT molecular complexity index is 446. The van der Waals surface area contributed by atoms with Crippen molar-refractivity contribution in [2.75, 3.05) is 0 Å². The summed E-state index contributed by atoms with van der Waals surface area (Å²) in [4.78, 5) is 0. The minimum atomic E-state index is -0.814. The van der Waals surface area contributed by atoms with E-state index < -0.39 is 11.6 Å². The van der Waals surface area contributed by atoms with Gasteiger partial charge in [0.25, 0.3) is 0 Å². The molecule has 19 heavy (non-hydrogen) atoms. The first-order valence-electron chi connectivity index (χ1n) is 6.87. The molecular weight excluding hydrogens is 246 g/mol. The quantitative estimate of drug-likeness (QED) is 0.648. The summed E-state index contributed by atoms with van der Waals surface area (Å²) < 4.78 is 27.4. The third-order valence-corrected chi connectivity index (χ3v) is 4.49. The van der Waals surface area contributed by atoms with E-state index in [1.165, 1.54) is 12.5 Å². The van der Waals surface area contributed by atoms with Gasteiger partial charge in [0.2, 0.25) is 0 Å². The Morgan fingerprint density at radius 1 is 1.32 bits per heavy atom. The van der Waals surface area contributed by atoms with Crippen LogP contribution in [0.2, 0.25) is 0 Å². The zero-order chi connectivity index (χ0) is 14.0. The first-order chi connectivity index (χ1) is 8.97. The van der Waals surface area contributed by atoms with Gasteiger partial charge in [0, 0.05) is 5.56 Å². The van der Waals surface area contributed by atoms with E-state index in [0.29, 0.717) is 5.56 Å². The molecule has 2 unspecified atom stereocenters. The lowest BCUT2D eigenvalue weighted by atomic mass is 9.65. The standard InChI is InChI=1S/C15H22F2N2/c1-15(2)9-4-3-7-11(15)14(19-18)10-6-5-8-12(16)13(10)17/h5-6,8,11,14,19H,3-4,7,9,18H2,1-2H3. The molecule has 0 spiro atoms. The van der Waals surface area contributed by atoms with Gasteiger partial charge in [-0.2, -0.15) is 0 Å². The second-order valence-corrected chi connectivity index (χ2v) is 6.13. The average molecular weight is 268 g/mol. The van der Waals surface area contributed by atoms with E-state index in [4.69, 9.17) is 5.84 Å². The second-order valence-electron chi connectivity index (χ2n) is 6.13. The first-order valence-corrected chi connectivity index (χ1v) is 6.87. The van der Waals surface area contributed by atoms with Crippen molar-refractivity contribution in [3.63, 3.8) is 0 Å². The van der Waals surface area contributed by atoms with Gasteiger partial charge in [-0.25, -0.2) is 8.78 Å². The largest absolute Gasteiger partial charge is 0.271 e. The van der Waals surface area contributed by atoms with Crippen LogP contribution in [0.15, 0.2) is 18.2 Å². The molecule has 1 aromatic rings. The van der Waals surface area contributed by atoms with Gasteiger partial charge in [-0.1, -0.05) is 38.8 Å². The maximum atomic E-state index is 14.0. The molecule has 1 saturated carbocycles. The monoisotopic (exact) mass is 268 g/mol. The van der Waals surface area contributed by atoms with Crippen molar-refractivity contribution in [2.45, 2.75) is 45.6 Å². The highest BCUT2D eigenvalue weighted by molar-refractivity contribution is 5.24. The Morgan fingerprint density at radius 2 is 2.05 bits per heavy atom. The summed E-state index contributed by atoms with van der Waals surface area (Å²) in [5.41, 5.74) is 3.12. The molecule has 0 amide bonds. The molecule has 1 aromatic carbocycles. The topological polar surface area (TPSA) is 38.0 Å². The molecule has 1 fully saturated rings. The number of hydrazine groups is 1. The Morgan fingerprint density at radius 3 is 2.68 bits per heavy atom. The zero-order valence-electron chi connectivity index (χ0n) is 11.5. The van der Waals surface area contributed by atoms with Gasteiger partial charge in [-0.05, 0) is 30.2 Å². The van der Waals surface area contributed by atoms with Crippen molar-refractivity contribution in [1.82, 2.24) is 5.43 Å². The minimum absolute atomic E-state index is 0.0774. The average Bonchev–Trinajstić information content (AvgIpc) is 2.37. The van der Waals surface area contributed by atoms with Gasteiger partial charge in [-0.3, -0.25) is 11.3 Å². The van der Waals surface area contributed by atoms with Crippen molar-refractivity contribution in [2.24, 2.45) is 17.2 Å². The molecule has 0 saturated heterocycles. The molecule has 0 aliphatic heterocycles. The summed E-state index contributed by atoms with van der Waals surface area (Å²) in [6.07, 6.45) is 4.38. The maximum absolute atomic E-state index is 14.0. The van der Waals surface area contributed by atoms with Crippen LogP contribution in [-0.4, -0.2) is 0 Å². The molecular formula is C15H22F2N2. The molecule has 2 atom stereocenters. The molecule has 4 heteroatoms. The lowest BCUT2D eigenvalue weighted by Crippen LogP contribution is -2.42. The molecule has 2 nitrogen and oxygen atoms in total. The van der Waals surface area contributed by atoms with Crippen LogP contribution in [0, 0.1) is 23.0 Å². The van der Waals surface area contributed by atoms with Crippen LogP contribution in [0.25, 0.3) is 0 Å². The molecule has 1 aliphatic carbocycles. The maximum Gasteiger partial charge on any atom is 0.163 e. The smallest absolute Gasteiger partial charge is 0.163 e. The first kappa shape index (κ1) is 14.4. The van der Waals surface area contributed by atoms with Crippen molar-refractivity contribution >= 4 is 0 Å². The molecule has 0 heterocycles. The predicted molar refractivity (Wildman–Crippen MR) is 72.2 cm³/mol. The van der Waals surface area contributed by atoms with Crippen LogP contribution in [0.3, 0.4) is 0 Å². The summed E-state index contributed by atoms with van der Waals surface area (Å²) in [7, 11) is 0. The fourth-order valence-electron chi connectivity index (χ4n) is 3.32. The number of hydrogen-bond donors (Lipinski definition) is 2. The van der Waals surface area contributed by atoms with Gasteiger partial charge in [-0.15, -0.1) is 0 Å². The molecule has 106 valence electrons. The highest BCUT2D eigenvalue weighted by Gasteiger charge is 2.38. The van der Waals surface area contributed by atoms with Gasteiger partial charge in [0.05, 0.1) is 6.04 Å². The summed E-state index contributed by atoms with van der Waals surface area (Å²) in [6.45, 7) is 4.36. The number of nitrogens with two attached hydrogens (primary N) is 1. The second kappa shape index (κ2) is 5.55. The van der Waals surface area contributed by atoms with E-state index >= 15 is 0 Å². The molecule has 0 aromatic heterocycles. The number of rotatable bonds is 3. The van der Waals surface area contributed by atoms with Gasteiger partial charge in [0.15, 0.2) is 11.6 Å². The molecule has 0 bridgehead atoms. The minimum Gasteiger partial charge on any atom is -0.271 e. The number of halogens is 2. The van der Waals surface area contributed by atoms with E-state index in [-0.39, 0.29) is 17.4 Å². The summed E-state index contributed by atoms with van der Waals surface area (Å²) in [6, 6.07) is 3.95. The molecule has 3 N–H and O–H groups in total. The highest BCUT2D eigenvalue weighted by Crippen LogP contribution is 2.46. The molecule has 1 aliphatic rings. The summed E-state index contributed by atoms with van der Waals surface area (Å²) in [5, 5.41) is 0. The Kier molecular flexibility index (Phi) is 4.21. The third kappa shape index (κ3) is 2.79. The van der Waals surface area contributed by atoms with Gasteiger partial charge >= 0.3 is 0 Å². The van der Waals surface area contributed by atoms with Crippen molar-refractivity contribution < 1.29 is 8.78 Å². The zero-order valence-corrected chi connectivity index (χ0v) is 11.5. The van der Waals surface area contributed by atoms with Crippen LogP contribution >= 0.6 is 0 Å². The van der Waals surface area contributed by atoms with E-state index in [0.717, 1.165) is 25.3 Å². The van der Waals surface area contributed by atoms with Crippen molar-refractivity contribution in [1.29, 1.82) is 0 Å². The van der Waals surface area contributed by atoms with Crippen molar-refractivity contribution in [3.8, 4) is 0 Å². The SMILES string of the molecule is CC1(C)CCCCC1C(NN)c1cccc(F)c1F. The van der Waals surface area contributed by atoms with Crippen LogP contribution in [0.1, 0.15) is 51.1 Å². The fourth-order valence-corrected chi connectivity index (χ4v) is 3.32. The summed E-state index contributed by atoms with van der Waals surface area (Å²) in [5.74, 6) is 4.25. The Hall–Kier alpha value is -1.00. The van der Waals surface area contributed by atoms with Crippen molar-refractivity contribution in [3.05, 3.63) is 35.4 Å². The lowest BCUT2D eigenvalue weighted by Gasteiger charge is -2.43. The van der Waals surface area contributed by atoms with E-state index in [1.807, 2.05) is 0 Å². The highest BCUT2D eigenvalue weighted by atomic mass is 19.2. The lowest BCUT2D eigenvalue weighted by molar-refractivity contribution is 0.0965. The van der Waals surface area contributed by atoms with E-state index in [9.17, 15) is 8.78 Å². The van der Waals surface area contributed by atoms with Gasteiger partial charge < -0.3 is 0 Å². The summed E-state index contributed by atoms with van der Waals surface area (Å²) >= 11 is 0. The molecule has 0 radical (unpaired) electrons. The van der Waals surface area contributed by atoms with Crippen LogP contribution in [0.4, 0.5) is 8.78 Å². The van der Waals surface area contributed by atoms with Gasteiger partial charge in [0.1, 0.15) is 0 Å². The number of benzene rings is 1. The number of hydrogen-bond acceptors (Lipinski definition) is 2. The molecule has 2 rings (SSSR count). The third-order valence-electron chi connectivity index (χ3n) is 4.49.